The van der Waals surface area contributed by atoms with E-state index < -0.39 is 6.04 Å². The Hall–Kier alpha value is -4.65. The van der Waals surface area contributed by atoms with Crippen LogP contribution in [-0.4, -0.2) is 98.5 Å². The number of likely N-dealkylation sites (N-methyl/N-ethyl adjacent to an activating group) is 1. The average Bonchev–Trinajstić information content (AvgIpc) is 3.72. The maximum atomic E-state index is 13.5. The number of nitrogens with two attached hydrogens (primary N) is 1. The van der Waals surface area contributed by atoms with Gasteiger partial charge in [-0.05, 0) is 57.4 Å². The van der Waals surface area contributed by atoms with E-state index >= 15 is 0 Å². The Morgan fingerprint density at radius 1 is 1.10 bits per heavy atom. The van der Waals surface area contributed by atoms with Gasteiger partial charge in [-0.25, -0.2) is 9.67 Å². The lowest BCUT2D eigenvalue weighted by Gasteiger charge is -2.37. The van der Waals surface area contributed by atoms with Gasteiger partial charge in [-0.15, -0.1) is 5.10 Å². The zero-order valence-electron chi connectivity index (χ0n) is 22.8. The van der Waals surface area contributed by atoms with Gasteiger partial charge in [-0.2, -0.15) is 14.6 Å². The molecule has 1 unspecified atom stereocenters. The van der Waals surface area contributed by atoms with Gasteiger partial charge in [0.05, 0.1) is 17.8 Å². The third kappa shape index (κ3) is 4.79. The van der Waals surface area contributed by atoms with Gasteiger partial charge in [-0.1, -0.05) is 0 Å². The third-order valence-corrected chi connectivity index (χ3v) is 7.12. The second kappa shape index (κ2) is 10.5. The van der Waals surface area contributed by atoms with Gasteiger partial charge in [0.25, 0.3) is 0 Å². The van der Waals surface area contributed by atoms with Gasteiger partial charge < -0.3 is 29.6 Å². The summed E-state index contributed by atoms with van der Waals surface area (Å²) in [6.45, 7) is 6.04. The van der Waals surface area contributed by atoms with Crippen molar-refractivity contribution in [1.29, 1.82) is 0 Å². The van der Waals surface area contributed by atoms with Crippen molar-refractivity contribution in [2.24, 2.45) is 0 Å². The lowest BCUT2D eigenvalue weighted by atomic mass is 10.2. The molecule has 13 heteroatoms. The van der Waals surface area contributed by atoms with E-state index in [0.717, 1.165) is 31.1 Å². The molecule has 208 valence electrons. The number of benzene rings is 1. The van der Waals surface area contributed by atoms with Gasteiger partial charge >= 0.3 is 0 Å². The smallest absolute Gasteiger partial charge is 0.247 e. The molecule has 13 nitrogen and oxygen atoms in total. The normalized spacial score (nSPS) is 14.9. The van der Waals surface area contributed by atoms with Crippen LogP contribution in [0.4, 0.5) is 11.6 Å². The minimum absolute atomic E-state index is 0.0210. The molecular formula is C27H32N10O3. The Morgan fingerprint density at radius 3 is 2.58 bits per heavy atom. The number of hydrogen-bond donors (Lipinski definition) is 1. The monoisotopic (exact) mass is 544 g/mol. The molecule has 5 aromatic rings. The number of nitrogen functional groups attached to an aromatic ring is 1. The molecule has 1 atom stereocenters. The predicted octanol–water partition coefficient (Wildman–Crippen LogP) is 2.17. The quantitative estimate of drug-likeness (QED) is 0.309. The molecule has 0 spiro atoms. The lowest BCUT2D eigenvalue weighted by molar-refractivity contribution is -0.134. The fourth-order valence-electron chi connectivity index (χ4n) is 4.87. The summed E-state index contributed by atoms with van der Waals surface area (Å²) in [6.07, 6.45) is 3.20. The highest BCUT2D eigenvalue weighted by Gasteiger charge is 2.28. The van der Waals surface area contributed by atoms with Gasteiger partial charge in [0.1, 0.15) is 18.4 Å². The number of carbonyl (C=O) groups is 1. The van der Waals surface area contributed by atoms with Gasteiger partial charge in [0.2, 0.25) is 17.7 Å². The van der Waals surface area contributed by atoms with Crippen molar-refractivity contribution in [3.63, 3.8) is 0 Å². The number of carbonyl (C=O) groups excluding carboxylic acids is 1. The maximum absolute atomic E-state index is 13.5. The van der Waals surface area contributed by atoms with E-state index in [1.54, 1.807) is 29.3 Å². The van der Waals surface area contributed by atoms with Crippen molar-refractivity contribution in [2.75, 3.05) is 64.1 Å². The van der Waals surface area contributed by atoms with E-state index in [2.05, 4.69) is 42.1 Å². The van der Waals surface area contributed by atoms with Crippen molar-refractivity contribution >= 4 is 34.2 Å². The SMILES string of the molecule is CC(C(=O)N1CCN(c2ccc(OCCN(C)C)cc2)CC1)n1ncc2c1nc(N)n1nc(-c3ccco3)nc21. The highest BCUT2D eigenvalue weighted by molar-refractivity contribution is 5.92. The van der Waals surface area contributed by atoms with Crippen LogP contribution in [0.2, 0.25) is 0 Å². The largest absolute Gasteiger partial charge is 0.492 e. The van der Waals surface area contributed by atoms with Crippen molar-refractivity contribution < 1.29 is 13.9 Å². The summed E-state index contributed by atoms with van der Waals surface area (Å²) >= 11 is 0. The molecule has 1 amide bonds. The first-order valence-corrected chi connectivity index (χ1v) is 13.2. The van der Waals surface area contributed by atoms with E-state index in [9.17, 15) is 4.79 Å². The van der Waals surface area contributed by atoms with E-state index in [0.29, 0.717) is 48.0 Å². The standard InChI is InChI=1S/C27H32N10O3/c1-18(26(38)35-12-10-34(11-13-35)19-6-8-20(9-7-19)39-16-14-33(2)3)36-25-21(17-29-36)24-30-23(22-5-4-15-40-22)32-37(24)27(28)31-25/h4-9,15,17-18H,10-14,16H2,1-3H3,(H2,28,31). The molecule has 0 aliphatic carbocycles. The Labute approximate surface area is 230 Å². The molecule has 6 rings (SSSR count). The number of ether oxygens (including phenoxy) is 1. The summed E-state index contributed by atoms with van der Waals surface area (Å²) in [5, 5.41) is 9.57. The molecule has 1 aromatic carbocycles. The number of nitrogens with zero attached hydrogens (tertiary/aromatic N) is 9. The summed E-state index contributed by atoms with van der Waals surface area (Å²) < 4.78 is 14.3. The van der Waals surface area contributed by atoms with Crippen molar-refractivity contribution in [3.05, 3.63) is 48.9 Å². The van der Waals surface area contributed by atoms with E-state index in [-0.39, 0.29) is 11.9 Å². The molecule has 5 heterocycles. The van der Waals surface area contributed by atoms with Crippen LogP contribution in [0.3, 0.4) is 0 Å². The van der Waals surface area contributed by atoms with Crippen molar-refractivity contribution in [1.82, 2.24) is 39.2 Å². The van der Waals surface area contributed by atoms with E-state index in [4.69, 9.17) is 14.9 Å². The molecule has 0 saturated carbocycles. The average molecular weight is 545 g/mol. The van der Waals surface area contributed by atoms with Gasteiger partial charge in [-0.3, -0.25) is 4.79 Å². The van der Waals surface area contributed by atoms with E-state index in [1.807, 2.05) is 38.1 Å². The van der Waals surface area contributed by atoms with E-state index in [1.165, 1.54) is 4.52 Å². The number of hydrogen-bond acceptors (Lipinski definition) is 10. The molecule has 1 saturated heterocycles. The summed E-state index contributed by atoms with van der Waals surface area (Å²) in [4.78, 5) is 28.9. The molecular weight excluding hydrogens is 512 g/mol. The minimum atomic E-state index is -0.565. The number of rotatable bonds is 8. The maximum Gasteiger partial charge on any atom is 0.247 e. The van der Waals surface area contributed by atoms with Crippen LogP contribution < -0.4 is 15.4 Å². The van der Waals surface area contributed by atoms with Crippen molar-refractivity contribution in [2.45, 2.75) is 13.0 Å². The van der Waals surface area contributed by atoms with Gasteiger partial charge in [0, 0.05) is 38.4 Å². The Balaban J connectivity index is 1.13. The fraction of sp³-hybridized carbons (Fsp3) is 0.370. The second-order valence-corrected chi connectivity index (χ2v) is 10.1. The molecule has 0 radical (unpaired) electrons. The molecule has 1 fully saturated rings. The molecule has 1 aliphatic heterocycles. The summed E-state index contributed by atoms with van der Waals surface area (Å²) in [5.74, 6) is 1.90. The van der Waals surface area contributed by atoms with Crippen LogP contribution in [0.25, 0.3) is 28.3 Å². The predicted molar refractivity (Wildman–Crippen MR) is 150 cm³/mol. The molecule has 2 N–H and O–H groups in total. The molecule has 4 aromatic heterocycles. The van der Waals surface area contributed by atoms with Gasteiger partial charge in [0.15, 0.2) is 17.1 Å². The highest BCUT2D eigenvalue weighted by Crippen LogP contribution is 2.26. The topological polar surface area (TPSA) is 136 Å². The Kier molecular flexibility index (Phi) is 6.72. The second-order valence-electron chi connectivity index (χ2n) is 10.1. The Morgan fingerprint density at radius 2 is 1.88 bits per heavy atom. The summed E-state index contributed by atoms with van der Waals surface area (Å²) in [5.41, 5.74) is 8.32. The van der Waals surface area contributed by atoms with Crippen LogP contribution in [0, 0.1) is 0 Å². The number of amides is 1. The highest BCUT2D eigenvalue weighted by atomic mass is 16.5. The zero-order valence-corrected chi connectivity index (χ0v) is 22.8. The number of piperazine rings is 1. The summed E-state index contributed by atoms with van der Waals surface area (Å²) in [7, 11) is 4.05. The lowest BCUT2D eigenvalue weighted by Crippen LogP contribution is -2.50. The third-order valence-electron chi connectivity index (χ3n) is 7.12. The number of fused-ring (bicyclic) bond motifs is 3. The fourth-order valence-corrected chi connectivity index (χ4v) is 4.87. The molecule has 1 aliphatic rings. The number of furan rings is 1. The number of anilines is 2. The van der Waals surface area contributed by atoms with Crippen LogP contribution in [-0.2, 0) is 4.79 Å². The summed E-state index contributed by atoms with van der Waals surface area (Å²) in [6, 6.07) is 11.1. The molecule has 40 heavy (non-hydrogen) atoms. The van der Waals surface area contributed by atoms with Crippen LogP contribution in [0.5, 0.6) is 5.75 Å². The molecule has 0 bridgehead atoms. The van der Waals surface area contributed by atoms with Crippen LogP contribution in [0.1, 0.15) is 13.0 Å². The van der Waals surface area contributed by atoms with Crippen molar-refractivity contribution in [3.8, 4) is 17.3 Å². The number of aromatic nitrogens is 6. The van der Waals surface area contributed by atoms with Crippen LogP contribution in [0.15, 0.2) is 53.3 Å². The first-order chi connectivity index (χ1) is 19.4. The zero-order chi connectivity index (χ0) is 27.8. The van der Waals surface area contributed by atoms with Crippen LogP contribution >= 0.6 is 0 Å². The minimum Gasteiger partial charge on any atom is -0.492 e. The Bertz CT molecular complexity index is 1620. The first-order valence-electron chi connectivity index (χ1n) is 13.2. The first kappa shape index (κ1) is 25.6.